The van der Waals surface area contributed by atoms with Crippen LogP contribution in [-0.4, -0.2) is 40.4 Å². The molecule has 4 rings (SSSR count). The van der Waals surface area contributed by atoms with Crippen LogP contribution < -0.4 is 15.8 Å². The molecule has 0 aliphatic carbocycles. The molecule has 3 aromatic rings. The van der Waals surface area contributed by atoms with Gasteiger partial charge >= 0.3 is 0 Å². The summed E-state index contributed by atoms with van der Waals surface area (Å²) >= 11 is 0. The van der Waals surface area contributed by atoms with E-state index in [1.807, 2.05) is 6.07 Å². The third-order valence-corrected chi connectivity index (χ3v) is 4.54. The van der Waals surface area contributed by atoms with E-state index in [2.05, 4.69) is 51.1 Å². The third kappa shape index (κ3) is 2.69. The van der Waals surface area contributed by atoms with Crippen LogP contribution in [0.3, 0.4) is 0 Å². The topological polar surface area (TPSA) is 54.6 Å². The standard InChI is InChI=1S/C18H21N5O/c1-14-2-4-15(5-3-14)13-22-16-6-7-20-23(16)18(24)12-17(22)21-10-8-19-9-11-21/h2-7,12,19H,8-11,13H2,1H3. The lowest BCUT2D eigenvalue weighted by Crippen LogP contribution is -2.45. The second-order valence-corrected chi connectivity index (χ2v) is 6.25. The number of fused-ring (bicyclic) bond motifs is 1. The normalized spacial score (nSPS) is 15.1. The minimum atomic E-state index is -0.0799. The molecule has 6 nitrogen and oxygen atoms in total. The summed E-state index contributed by atoms with van der Waals surface area (Å²) in [5.74, 6) is 0.968. The Morgan fingerprint density at radius 3 is 2.62 bits per heavy atom. The molecule has 2 aromatic heterocycles. The molecule has 1 fully saturated rings. The number of aromatic nitrogens is 3. The van der Waals surface area contributed by atoms with E-state index in [4.69, 9.17) is 0 Å². The molecule has 0 amide bonds. The molecule has 1 aliphatic rings. The maximum atomic E-state index is 12.4. The predicted molar refractivity (Wildman–Crippen MR) is 94.8 cm³/mol. The van der Waals surface area contributed by atoms with E-state index in [9.17, 15) is 4.79 Å². The lowest BCUT2D eigenvalue weighted by molar-refractivity contribution is 0.572. The number of hydrogen-bond donors (Lipinski definition) is 1. The molecule has 1 saturated heterocycles. The number of piperazine rings is 1. The van der Waals surface area contributed by atoms with Gasteiger partial charge in [-0.05, 0) is 12.5 Å². The van der Waals surface area contributed by atoms with Crippen LogP contribution in [0.25, 0.3) is 5.65 Å². The van der Waals surface area contributed by atoms with Crippen molar-refractivity contribution in [3.8, 4) is 0 Å². The van der Waals surface area contributed by atoms with E-state index in [0.717, 1.165) is 44.2 Å². The molecule has 1 N–H and O–H groups in total. The quantitative estimate of drug-likeness (QED) is 0.788. The Kier molecular flexibility index (Phi) is 3.82. The van der Waals surface area contributed by atoms with Gasteiger partial charge in [0.25, 0.3) is 5.56 Å². The van der Waals surface area contributed by atoms with Gasteiger partial charge in [0, 0.05) is 38.3 Å². The molecular formula is C18H21N5O. The molecule has 0 radical (unpaired) electrons. The largest absolute Gasteiger partial charge is 0.355 e. The number of nitrogens with one attached hydrogen (secondary N) is 1. The molecule has 6 heteroatoms. The minimum Gasteiger partial charge on any atom is -0.355 e. The van der Waals surface area contributed by atoms with Crippen molar-refractivity contribution >= 4 is 11.5 Å². The molecule has 3 heterocycles. The number of benzene rings is 1. The fourth-order valence-corrected chi connectivity index (χ4v) is 3.23. The number of aryl methyl sites for hydroxylation is 1. The number of nitrogens with zero attached hydrogens (tertiary/aromatic N) is 4. The molecule has 0 unspecified atom stereocenters. The minimum absolute atomic E-state index is 0.0799. The summed E-state index contributed by atoms with van der Waals surface area (Å²) in [6.07, 6.45) is 1.68. The highest BCUT2D eigenvalue weighted by molar-refractivity contribution is 5.51. The summed E-state index contributed by atoms with van der Waals surface area (Å²) in [4.78, 5) is 14.7. The van der Waals surface area contributed by atoms with E-state index in [-0.39, 0.29) is 5.56 Å². The monoisotopic (exact) mass is 323 g/mol. The first-order chi connectivity index (χ1) is 11.7. The second-order valence-electron chi connectivity index (χ2n) is 6.25. The van der Waals surface area contributed by atoms with Crippen LogP contribution in [0, 0.1) is 6.92 Å². The summed E-state index contributed by atoms with van der Waals surface area (Å²) in [5.41, 5.74) is 3.21. The van der Waals surface area contributed by atoms with Crippen LogP contribution in [0.2, 0.25) is 0 Å². The first-order valence-corrected chi connectivity index (χ1v) is 8.31. The van der Waals surface area contributed by atoms with Gasteiger partial charge in [-0.3, -0.25) is 4.79 Å². The van der Waals surface area contributed by atoms with Gasteiger partial charge in [0.1, 0.15) is 11.5 Å². The summed E-state index contributed by atoms with van der Waals surface area (Å²) in [6, 6.07) is 12.1. The molecule has 0 spiro atoms. The van der Waals surface area contributed by atoms with Gasteiger partial charge in [0.2, 0.25) is 0 Å². The van der Waals surface area contributed by atoms with E-state index < -0.39 is 0 Å². The number of anilines is 1. The average Bonchev–Trinajstić information content (AvgIpc) is 3.10. The van der Waals surface area contributed by atoms with Crippen LogP contribution in [0.15, 0.2) is 47.4 Å². The van der Waals surface area contributed by atoms with Crippen molar-refractivity contribution in [1.29, 1.82) is 0 Å². The average molecular weight is 323 g/mol. The summed E-state index contributed by atoms with van der Waals surface area (Å²) < 4.78 is 3.66. The second kappa shape index (κ2) is 6.13. The van der Waals surface area contributed by atoms with Gasteiger partial charge in [-0.2, -0.15) is 9.61 Å². The molecule has 0 bridgehead atoms. The van der Waals surface area contributed by atoms with Crippen molar-refractivity contribution < 1.29 is 0 Å². The Bertz CT molecular complexity index is 903. The van der Waals surface area contributed by atoms with Crippen LogP contribution in [0.1, 0.15) is 11.1 Å². The SMILES string of the molecule is Cc1ccc(Cn2c(N3CCNCC3)cc(=O)n3nccc23)cc1. The fraction of sp³-hybridized carbons (Fsp3) is 0.333. The van der Waals surface area contributed by atoms with Gasteiger partial charge in [-0.25, -0.2) is 0 Å². The van der Waals surface area contributed by atoms with Crippen molar-refractivity contribution in [3.63, 3.8) is 0 Å². The van der Waals surface area contributed by atoms with Crippen LogP contribution >= 0.6 is 0 Å². The van der Waals surface area contributed by atoms with Crippen molar-refractivity contribution in [3.05, 3.63) is 64.1 Å². The first-order valence-electron chi connectivity index (χ1n) is 8.31. The maximum Gasteiger partial charge on any atom is 0.276 e. The van der Waals surface area contributed by atoms with Crippen molar-refractivity contribution in [2.45, 2.75) is 13.5 Å². The smallest absolute Gasteiger partial charge is 0.276 e. The molecule has 24 heavy (non-hydrogen) atoms. The fourth-order valence-electron chi connectivity index (χ4n) is 3.23. The van der Waals surface area contributed by atoms with Gasteiger partial charge in [0.05, 0.1) is 12.7 Å². The molecule has 124 valence electrons. The molecular weight excluding hydrogens is 302 g/mol. The molecule has 1 aromatic carbocycles. The Morgan fingerprint density at radius 2 is 1.88 bits per heavy atom. The Hall–Kier alpha value is -2.60. The van der Waals surface area contributed by atoms with Gasteiger partial charge in [-0.15, -0.1) is 0 Å². The van der Waals surface area contributed by atoms with Crippen molar-refractivity contribution in [1.82, 2.24) is 19.5 Å². The highest BCUT2D eigenvalue weighted by atomic mass is 16.1. The molecule has 1 aliphatic heterocycles. The summed E-state index contributed by atoms with van der Waals surface area (Å²) in [5, 5.41) is 7.53. The highest BCUT2D eigenvalue weighted by Crippen LogP contribution is 2.19. The lowest BCUT2D eigenvalue weighted by atomic mass is 10.1. The van der Waals surface area contributed by atoms with E-state index in [0.29, 0.717) is 0 Å². The summed E-state index contributed by atoms with van der Waals surface area (Å²) in [7, 11) is 0. The predicted octanol–water partition coefficient (Wildman–Crippen LogP) is 1.26. The Balaban J connectivity index is 1.83. The first kappa shape index (κ1) is 15.0. The zero-order chi connectivity index (χ0) is 16.5. The number of hydrogen-bond acceptors (Lipinski definition) is 4. The van der Waals surface area contributed by atoms with E-state index in [1.165, 1.54) is 15.6 Å². The highest BCUT2D eigenvalue weighted by Gasteiger charge is 2.17. The van der Waals surface area contributed by atoms with Crippen molar-refractivity contribution in [2.24, 2.45) is 0 Å². The van der Waals surface area contributed by atoms with E-state index in [1.54, 1.807) is 12.3 Å². The van der Waals surface area contributed by atoms with Gasteiger partial charge in [0.15, 0.2) is 0 Å². The van der Waals surface area contributed by atoms with Crippen LogP contribution in [0.4, 0.5) is 5.82 Å². The zero-order valence-electron chi connectivity index (χ0n) is 13.8. The zero-order valence-corrected chi connectivity index (χ0v) is 13.8. The van der Waals surface area contributed by atoms with Crippen molar-refractivity contribution in [2.75, 3.05) is 31.1 Å². The lowest BCUT2D eigenvalue weighted by Gasteiger charge is -2.31. The van der Waals surface area contributed by atoms with Gasteiger partial charge < -0.3 is 14.8 Å². The maximum absolute atomic E-state index is 12.4. The summed E-state index contributed by atoms with van der Waals surface area (Å²) in [6.45, 7) is 6.47. The Morgan fingerprint density at radius 1 is 1.12 bits per heavy atom. The number of rotatable bonds is 3. The Labute approximate surface area is 140 Å². The third-order valence-electron chi connectivity index (χ3n) is 4.54. The van der Waals surface area contributed by atoms with E-state index >= 15 is 0 Å². The van der Waals surface area contributed by atoms with Crippen LogP contribution in [0.5, 0.6) is 0 Å². The molecule has 0 atom stereocenters. The molecule has 0 saturated carbocycles. The van der Waals surface area contributed by atoms with Crippen LogP contribution in [-0.2, 0) is 6.54 Å². The van der Waals surface area contributed by atoms with Gasteiger partial charge in [-0.1, -0.05) is 29.8 Å².